The first-order chi connectivity index (χ1) is 21.1. The van der Waals surface area contributed by atoms with Gasteiger partial charge in [0.2, 0.25) is 12.5 Å². The van der Waals surface area contributed by atoms with Crippen LogP contribution in [0.1, 0.15) is 39.8 Å². The van der Waals surface area contributed by atoms with Crippen LogP contribution in [0.15, 0.2) is 66.7 Å². The number of methoxy groups -OCH3 is 3. The summed E-state index contributed by atoms with van der Waals surface area (Å²) in [4.78, 5) is 13.6. The van der Waals surface area contributed by atoms with Gasteiger partial charge in [-0.1, -0.05) is 36.4 Å². The molecule has 0 saturated carbocycles. The van der Waals surface area contributed by atoms with Gasteiger partial charge in [0.15, 0.2) is 23.0 Å². The Morgan fingerprint density at radius 1 is 0.791 bits per heavy atom. The van der Waals surface area contributed by atoms with E-state index in [9.17, 15) is 4.79 Å². The Morgan fingerprint density at radius 3 is 2.26 bits per heavy atom. The fourth-order valence-electron chi connectivity index (χ4n) is 7.49. The highest BCUT2D eigenvalue weighted by atomic mass is 16.7. The molecule has 0 unspecified atom stereocenters. The Kier molecular flexibility index (Phi) is 5.93. The molecule has 0 bridgehead atoms. The number of carbonyl (C=O) groups is 1. The molecule has 218 valence electrons. The van der Waals surface area contributed by atoms with Crippen molar-refractivity contribution in [3.63, 3.8) is 0 Å². The van der Waals surface area contributed by atoms with Crippen LogP contribution in [0.4, 0.5) is 5.69 Å². The van der Waals surface area contributed by atoms with Crippen molar-refractivity contribution in [1.82, 2.24) is 0 Å². The molecule has 4 aromatic carbocycles. The molecule has 8 rings (SSSR count). The van der Waals surface area contributed by atoms with Crippen LogP contribution in [0.5, 0.6) is 28.7 Å². The first-order valence-corrected chi connectivity index (χ1v) is 14.5. The number of benzene rings is 4. The lowest BCUT2D eigenvalue weighted by molar-refractivity contribution is -0.141. The molecule has 0 spiro atoms. The van der Waals surface area contributed by atoms with Crippen molar-refractivity contribution in [2.24, 2.45) is 11.8 Å². The Balaban J connectivity index is 1.29. The van der Waals surface area contributed by atoms with Crippen LogP contribution in [0.3, 0.4) is 0 Å². The van der Waals surface area contributed by atoms with E-state index in [4.69, 9.17) is 28.4 Å². The van der Waals surface area contributed by atoms with Gasteiger partial charge in [0.25, 0.3) is 0 Å². The molecule has 1 fully saturated rings. The summed E-state index contributed by atoms with van der Waals surface area (Å²) in [7, 11) is 4.77. The van der Waals surface area contributed by atoms with Crippen LogP contribution in [-0.4, -0.2) is 40.7 Å². The quantitative estimate of drug-likeness (QED) is 0.243. The van der Waals surface area contributed by atoms with Gasteiger partial charge in [-0.05, 0) is 69.3 Å². The highest BCUT2D eigenvalue weighted by Crippen LogP contribution is 2.56. The SMILES string of the molecule is COc1cc([C@@H]2c3cc4c(cc3[C@@H](Nc3cccc5c3Cc3ccccc3-5)[C@H]3COC(=O)[C@H]23)OCO4)cc(OC)c1OC. The number of fused-ring (bicyclic) bond motifs is 6. The summed E-state index contributed by atoms with van der Waals surface area (Å²) in [5.41, 5.74) is 9.06. The second-order valence-corrected chi connectivity index (χ2v) is 11.4. The monoisotopic (exact) mass is 577 g/mol. The third-order valence-electron chi connectivity index (χ3n) is 9.40. The van der Waals surface area contributed by atoms with Crippen molar-refractivity contribution in [2.45, 2.75) is 18.4 Å². The molecule has 2 aliphatic heterocycles. The number of nitrogens with one attached hydrogen (secondary N) is 1. The number of carbonyl (C=O) groups excluding carboxylic acids is 1. The molecular formula is C35H31NO7. The topological polar surface area (TPSA) is 84.5 Å². The largest absolute Gasteiger partial charge is 0.493 e. The number of hydrogen-bond acceptors (Lipinski definition) is 8. The van der Waals surface area contributed by atoms with E-state index in [0.29, 0.717) is 35.4 Å². The molecule has 4 aliphatic rings. The van der Waals surface area contributed by atoms with Crippen LogP contribution in [0.2, 0.25) is 0 Å². The molecule has 1 saturated heterocycles. The van der Waals surface area contributed by atoms with E-state index < -0.39 is 5.92 Å². The summed E-state index contributed by atoms with van der Waals surface area (Å²) in [6.45, 7) is 0.468. The minimum absolute atomic E-state index is 0.135. The molecule has 1 N–H and O–H groups in total. The number of anilines is 1. The summed E-state index contributed by atoms with van der Waals surface area (Å²) >= 11 is 0. The zero-order valence-electron chi connectivity index (χ0n) is 24.1. The van der Waals surface area contributed by atoms with Crippen molar-refractivity contribution >= 4 is 11.7 Å². The Labute approximate surface area is 249 Å². The van der Waals surface area contributed by atoms with Crippen molar-refractivity contribution in [2.75, 3.05) is 40.0 Å². The van der Waals surface area contributed by atoms with Crippen molar-refractivity contribution < 1.29 is 33.2 Å². The molecule has 0 radical (unpaired) electrons. The van der Waals surface area contributed by atoms with Crippen LogP contribution in [0.25, 0.3) is 11.1 Å². The Morgan fingerprint density at radius 2 is 1.51 bits per heavy atom. The molecule has 2 aliphatic carbocycles. The second kappa shape index (κ2) is 9.87. The van der Waals surface area contributed by atoms with Crippen LogP contribution >= 0.6 is 0 Å². The molecule has 8 heteroatoms. The lowest BCUT2D eigenvalue weighted by Crippen LogP contribution is -2.37. The van der Waals surface area contributed by atoms with E-state index in [2.05, 4.69) is 53.8 Å². The number of cyclic esters (lactones) is 1. The minimum Gasteiger partial charge on any atom is -0.493 e. The van der Waals surface area contributed by atoms with E-state index >= 15 is 0 Å². The van der Waals surface area contributed by atoms with Crippen LogP contribution in [0, 0.1) is 11.8 Å². The molecule has 43 heavy (non-hydrogen) atoms. The maximum absolute atomic E-state index is 13.6. The molecule has 0 amide bonds. The lowest BCUT2D eigenvalue weighted by atomic mass is 9.65. The van der Waals surface area contributed by atoms with E-state index in [1.54, 1.807) is 21.3 Å². The standard InChI is InChI=1S/C35H31NO7/c1-38-29-12-19(13-30(39-2)34(29)40-3)31-23-14-27-28(43-17-42-27)15-24(23)33(25-16-41-35(37)32(25)31)36-26-10-6-9-21-20-8-5-4-7-18(20)11-22(21)26/h4-10,12-15,25,31-33,36H,11,16-17H2,1-3H3/t25-,31+,32-,33+/m0/s1. The van der Waals surface area contributed by atoms with Gasteiger partial charge in [0.1, 0.15) is 0 Å². The second-order valence-electron chi connectivity index (χ2n) is 11.4. The summed E-state index contributed by atoms with van der Waals surface area (Å²) in [5.74, 6) is 1.79. The summed E-state index contributed by atoms with van der Waals surface area (Å²) in [6.07, 6.45) is 0.854. The van der Waals surface area contributed by atoms with E-state index in [0.717, 1.165) is 28.8 Å². The molecule has 4 aromatic rings. The fraction of sp³-hybridized carbons (Fsp3) is 0.286. The first-order valence-electron chi connectivity index (χ1n) is 14.5. The maximum atomic E-state index is 13.6. The van der Waals surface area contributed by atoms with Gasteiger partial charge in [-0.3, -0.25) is 4.79 Å². The zero-order chi connectivity index (χ0) is 29.2. The van der Waals surface area contributed by atoms with Crippen LogP contribution in [-0.2, 0) is 16.0 Å². The van der Waals surface area contributed by atoms with Gasteiger partial charge in [0, 0.05) is 23.9 Å². The maximum Gasteiger partial charge on any atom is 0.310 e. The van der Waals surface area contributed by atoms with Gasteiger partial charge < -0.3 is 33.7 Å². The van der Waals surface area contributed by atoms with Crippen molar-refractivity contribution in [3.8, 4) is 39.9 Å². The van der Waals surface area contributed by atoms with Gasteiger partial charge in [-0.25, -0.2) is 0 Å². The zero-order valence-corrected chi connectivity index (χ0v) is 24.1. The number of esters is 1. The molecular weight excluding hydrogens is 546 g/mol. The van der Waals surface area contributed by atoms with Crippen molar-refractivity contribution in [1.29, 1.82) is 0 Å². The predicted molar refractivity (Wildman–Crippen MR) is 159 cm³/mol. The minimum atomic E-state index is -0.442. The molecule has 4 atom stereocenters. The summed E-state index contributed by atoms with van der Waals surface area (Å²) in [5, 5.41) is 3.89. The lowest BCUT2D eigenvalue weighted by Gasteiger charge is -2.40. The van der Waals surface area contributed by atoms with Gasteiger partial charge in [0.05, 0.1) is 39.9 Å². The Hall–Kier alpha value is -4.85. The average molecular weight is 578 g/mol. The number of ether oxygens (including phenoxy) is 6. The highest BCUT2D eigenvalue weighted by molar-refractivity contribution is 5.83. The molecule has 8 nitrogen and oxygen atoms in total. The summed E-state index contributed by atoms with van der Waals surface area (Å²) < 4.78 is 34.5. The van der Waals surface area contributed by atoms with Crippen molar-refractivity contribution in [3.05, 3.63) is 94.5 Å². The first kappa shape index (κ1) is 25.8. The Bertz CT molecular complexity index is 1760. The predicted octanol–water partition coefficient (Wildman–Crippen LogP) is 6.10. The van der Waals surface area contributed by atoms with Gasteiger partial charge >= 0.3 is 5.97 Å². The van der Waals surface area contributed by atoms with Crippen LogP contribution < -0.4 is 29.0 Å². The normalized spacial score (nSPS) is 22.2. The van der Waals surface area contributed by atoms with E-state index in [1.807, 2.05) is 18.2 Å². The molecule has 2 heterocycles. The third kappa shape index (κ3) is 3.85. The van der Waals surface area contributed by atoms with E-state index in [1.165, 1.54) is 22.3 Å². The fourth-order valence-corrected chi connectivity index (χ4v) is 7.49. The average Bonchev–Trinajstić information content (AvgIpc) is 3.76. The van der Waals surface area contributed by atoms with Gasteiger partial charge in [-0.15, -0.1) is 0 Å². The summed E-state index contributed by atoms with van der Waals surface area (Å²) in [6, 6.07) is 22.7. The number of rotatable bonds is 6. The van der Waals surface area contributed by atoms with E-state index in [-0.39, 0.29) is 30.6 Å². The smallest absolute Gasteiger partial charge is 0.310 e. The third-order valence-corrected chi connectivity index (χ3v) is 9.40. The highest BCUT2D eigenvalue weighted by Gasteiger charge is 2.53. The molecule has 0 aromatic heterocycles. The number of hydrogen-bond donors (Lipinski definition) is 1. The van der Waals surface area contributed by atoms with Gasteiger partial charge in [-0.2, -0.15) is 0 Å².